The van der Waals surface area contributed by atoms with Crippen molar-refractivity contribution in [3.8, 4) is 0 Å². The van der Waals surface area contributed by atoms with E-state index in [1.165, 1.54) is 11.8 Å². The Hall–Kier alpha value is -2.43. The standard InChI is InChI=1S/C27H37FN4O4S/c1-18(22-6-4-5-7-23(22)28)30-26-31-37(33,34)25(27(2,3)36-26)14-19-8-9-24(20-10-12-29-13-11-20)32(15-19)21-16-35-17-21/h4-9,18,20-21,25,29H,10-17H2,1-3H3,(H,30,31)/t18-,25?/m0/s1. The molecular formula is C27H37FN4O4S. The molecule has 1 aromatic rings. The Balaban J connectivity index is 1.34. The van der Waals surface area contributed by atoms with Gasteiger partial charge in [0.1, 0.15) is 16.7 Å². The van der Waals surface area contributed by atoms with E-state index in [4.69, 9.17) is 9.47 Å². The van der Waals surface area contributed by atoms with Crippen molar-refractivity contribution < 1.29 is 22.3 Å². The van der Waals surface area contributed by atoms with E-state index in [0.717, 1.165) is 31.5 Å². The first-order valence-electron chi connectivity index (χ1n) is 13.1. The summed E-state index contributed by atoms with van der Waals surface area (Å²) in [6, 6.07) is 6.08. The maximum Gasteiger partial charge on any atom is 0.301 e. The van der Waals surface area contributed by atoms with Gasteiger partial charge in [-0.1, -0.05) is 24.3 Å². The number of allylic oxidation sites excluding steroid dienone is 3. The maximum atomic E-state index is 14.2. The van der Waals surface area contributed by atoms with Crippen LogP contribution in [0.2, 0.25) is 0 Å². The molecule has 1 unspecified atom stereocenters. The van der Waals surface area contributed by atoms with Gasteiger partial charge in [-0.25, -0.2) is 12.8 Å². The third-order valence-corrected chi connectivity index (χ3v) is 9.75. The molecule has 2 atom stereocenters. The Morgan fingerprint density at radius 1 is 1.22 bits per heavy atom. The number of halogens is 1. The highest BCUT2D eigenvalue weighted by molar-refractivity contribution is 7.91. The minimum Gasteiger partial charge on any atom is -0.457 e. The van der Waals surface area contributed by atoms with Crippen LogP contribution in [0.25, 0.3) is 0 Å². The summed E-state index contributed by atoms with van der Waals surface area (Å²) in [7, 11) is -3.89. The van der Waals surface area contributed by atoms with Crippen LogP contribution in [0.15, 0.2) is 52.1 Å². The summed E-state index contributed by atoms with van der Waals surface area (Å²) in [5.41, 5.74) is 1.77. The Bertz CT molecular complexity index is 1200. The molecule has 4 aliphatic rings. The lowest BCUT2D eigenvalue weighted by Crippen LogP contribution is -2.54. The second kappa shape index (κ2) is 10.4. The fraction of sp³-hybridized carbons (Fsp3) is 0.593. The molecule has 0 saturated carbocycles. The number of amidine groups is 1. The quantitative estimate of drug-likeness (QED) is 0.581. The first-order chi connectivity index (χ1) is 17.6. The van der Waals surface area contributed by atoms with E-state index < -0.39 is 26.9 Å². The van der Waals surface area contributed by atoms with Crippen LogP contribution in [0.3, 0.4) is 0 Å². The molecule has 4 aliphatic heterocycles. The molecule has 0 bridgehead atoms. The molecule has 0 aromatic heterocycles. The highest BCUT2D eigenvalue weighted by atomic mass is 32.2. The number of hydrogen-bond acceptors (Lipinski definition) is 7. The summed E-state index contributed by atoms with van der Waals surface area (Å²) >= 11 is 0. The molecular weight excluding hydrogens is 495 g/mol. The van der Waals surface area contributed by atoms with Crippen molar-refractivity contribution in [3.05, 3.63) is 59.1 Å². The zero-order valence-electron chi connectivity index (χ0n) is 21.7. The molecule has 1 aromatic carbocycles. The molecule has 0 aliphatic carbocycles. The Kier molecular flexibility index (Phi) is 7.35. The molecule has 0 spiro atoms. The predicted molar refractivity (Wildman–Crippen MR) is 141 cm³/mol. The molecule has 10 heteroatoms. The molecule has 0 amide bonds. The maximum absolute atomic E-state index is 14.2. The van der Waals surface area contributed by atoms with Crippen LogP contribution in [0, 0.1) is 11.7 Å². The lowest BCUT2D eigenvalue weighted by atomic mass is 9.88. The van der Waals surface area contributed by atoms with Crippen LogP contribution in [0.4, 0.5) is 4.39 Å². The number of hydrogen-bond donors (Lipinski definition) is 2. The van der Waals surface area contributed by atoms with E-state index in [1.54, 1.807) is 39.0 Å². The number of ether oxygens (including phenoxy) is 2. The van der Waals surface area contributed by atoms with Gasteiger partial charge in [0.15, 0.2) is 0 Å². The van der Waals surface area contributed by atoms with E-state index in [9.17, 15) is 12.8 Å². The van der Waals surface area contributed by atoms with Crippen LogP contribution in [0.1, 0.15) is 51.6 Å². The van der Waals surface area contributed by atoms with Crippen LogP contribution in [-0.2, 0) is 19.5 Å². The first-order valence-corrected chi connectivity index (χ1v) is 14.6. The highest BCUT2D eigenvalue weighted by Crippen LogP contribution is 2.37. The average Bonchev–Trinajstić information content (AvgIpc) is 2.81. The van der Waals surface area contributed by atoms with E-state index in [-0.39, 0.29) is 11.8 Å². The number of rotatable bonds is 6. The molecule has 8 nitrogen and oxygen atoms in total. The zero-order valence-corrected chi connectivity index (χ0v) is 22.6. The minimum absolute atomic E-state index is 0.101. The van der Waals surface area contributed by atoms with Crippen molar-refractivity contribution in [1.82, 2.24) is 15.5 Å². The van der Waals surface area contributed by atoms with E-state index in [0.29, 0.717) is 43.7 Å². The first kappa shape index (κ1) is 26.2. The predicted octanol–water partition coefficient (Wildman–Crippen LogP) is 3.25. The van der Waals surface area contributed by atoms with Crippen molar-refractivity contribution in [2.24, 2.45) is 10.3 Å². The Morgan fingerprint density at radius 3 is 2.59 bits per heavy atom. The fourth-order valence-corrected chi connectivity index (χ4v) is 7.27. The number of nitrogens with zero attached hydrogens (tertiary/aromatic N) is 2. The van der Waals surface area contributed by atoms with Gasteiger partial charge in [-0.3, -0.25) is 0 Å². The highest BCUT2D eigenvalue weighted by Gasteiger charge is 2.47. The van der Waals surface area contributed by atoms with E-state index >= 15 is 0 Å². The monoisotopic (exact) mass is 532 g/mol. The fourth-order valence-electron chi connectivity index (χ4n) is 5.63. The Morgan fingerprint density at radius 2 is 1.95 bits per heavy atom. The summed E-state index contributed by atoms with van der Waals surface area (Å²) in [6.07, 6.45) is 6.81. The van der Waals surface area contributed by atoms with Gasteiger partial charge >= 0.3 is 6.02 Å². The van der Waals surface area contributed by atoms with Gasteiger partial charge in [0, 0.05) is 23.7 Å². The van der Waals surface area contributed by atoms with Gasteiger partial charge in [0.05, 0.1) is 25.3 Å². The van der Waals surface area contributed by atoms with Crippen LogP contribution < -0.4 is 10.6 Å². The number of benzene rings is 1. The SMILES string of the molecule is C[C@H](NC1=NS(=O)(=O)C(CC2=CC=C(C3CCNCC3)N(C3COC3)C2)C(C)(C)O1)c1ccccc1F. The lowest BCUT2D eigenvalue weighted by molar-refractivity contribution is -0.0547. The summed E-state index contributed by atoms with van der Waals surface area (Å²) in [5.74, 6) is 0.133. The number of nitrogens with one attached hydrogen (secondary N) is 2. The van der Waals surface area contributed by atoms with Crippen molar-refractivity contribution >= 4 is 16.0 Å². The molecule has 0 radical (unpaired) electrons. The molecule has 4 heterocycles. The van der Waals surface area contributed by atoms with Gasteiger partial charge in [-0.15, -0.1) is 4.40 Å². The van der Waals surface area contributed by atoms with Gasteiger partial charge in [-0.2, -0.15) is 0 Å². The van der Waals surface area contributed by atoms with Crippen LogP contribution >= 0.6 is 0 Å². The van der Waals surface area contributed by atoms with Crippen molar-refractivity contribution in [2.75, 3.05) is 32.8 Å². The lowest BCUT2D eigenvalue weighted by Gasteiger charge is -2.46. The van der Waals surface area contributed by atoms with Crippen molar-refractivity contribution in [1.29, 1.82) is 0 Å². The molecule has 2 N–H and O–H groups in total. The largest absolute Gasteiger partial charge is 0.457 e. The number of piperidine rings is 1. The zero-order chi connectivity index (χ0) is 26.2. The Labute approximate surface area is 219 Å². The topological polar surface area (TPSA) is 92.3 Å². The minimum atomic E-state index is -3.89. The smallest absolute Gasteiger partial charge is 0.301 e. The summed E-state index contributed by atoms with van der Waals surface area (Å²) in [5, 5.41) is 5.54. The summed E-state index contributed by atoms with van der Waals surface area (Å²) in [6.45, 7) is 9.41. The van der Waals surface area contributed by atoms with Gasteiger partial charge in [0.2, 0.25) is 0 Å². The molecule has 202 valence electrons. The second-order valence-electron chi connectivity index (χ2n) is 11.0. The summed E-state index contributed by atoms with van der Waals surface area (Å²) < 4.78 is 56.6. The number of sulfonamides is 1. The van der Waals surface area contributed by atoms with Crippen LogP contribution in [0.5, 0.6) is 0 Å². The third kappa shape index (κ3) is 5.56. The second-order valence-corrected chi connectivity index (χ2v) is 12.7. The van der Waals surface area contributed by atoms with Crippen LogP contribution in [-0.4, -0.2) is 69.1 Å². The van der Waals surface area contributed by atoms with Gasteiger partial charge in [0.25, 0.3) is 10.0 Å². The summed E-state index contributed by atoms with van der Waals surface area (Å²) in [4.78, 5) is 2.42. The molecule has 2 saturated heterocycles. The van der Waals surface area contributed by atoms with Gasteiger partial charge in [-0.05, 0) is 70.8 Å². The molecule has 5 rings (SSSR count). The molecule has 37 heavy (non-hydrogen) atoms. The third-order valence-electron chi connectivity index (χ3n) is 7.88. The molecule has 2 fully saturated rings. The van der Waals surface area contributed by atoms with Crippen molar-refractivity contribution in [2.45, 2.75) is 63.0 Å². The van der Waals surface area contributed by atoms with Crippen molar-refractivity contribution in [3.63, 3.8) is 0 Å². The average molecular weight is 533 g/mol. The normalized spacial score (nSPS) is 26.8. The van der Waals surface area contributed by atoms with Gasteiger partial charge < -0.3 is 25.0 Å². The van der Waals surface area contributed by atoms with E-state index in [2.05, 4.69) is 32.1 Å². The van der Waals surface area contributed by atoms with E-state index in [1.807, 2.05) is 0 Å².